The van der Waals surface area contributed by atoms with Crippen LogP contribution in [0.5, 0.6) is 0 Å². The number of hydrogen-bond donors (Lipinski definition) is 0. The van der Waals surface area contributed by atoms with Crippen LogP contribution >= 0.6 is 23.1 Å². The number of carbonyl (C=O) groups is 1. The molecule has 23 heavy (non-hydrogen) atoms. The Kier molecular flexibility index (Phi) is 4.81. The summed E-state index contributed by atoms with van der Waals surface area (Å²) in [6, 6.07) is 0. The molecule has 0 unspecified atom stereocenters. The SMILES string of the molecule is CC(C)(C)OC(=O)CSc1nn2c(=O)c(C(C)(C)C)nnc2s1. The zero-order valence-electron chi connectivity index (χ0n) is 14.0. The predicted molar refractivity (Wildman–Crippen MR) is 90.2 cm³/mol. The largest absolute Gasteiger partial charge is 0.459 e. The van der Waals surface area contributed by atoms with Crippen molar-refractivity contribution in [1.82, 2.24) is 19.8 Å². The highest BCUT2D eigenvalue weighted by atomic mass is 32.2. The molecule has 2 aromatic rings. The third kappa shape index (κ3) is 4.51. The Hall–Kier alpha value is -1.48. The molecule has 0 radical (unpaired) electrons. The van der Waals surface area contributed by atoms with E-state index in [1.807, 2.05) is 41.5 Å². The smallest absolute Gasteiger partial charge is 0.316 e. The standard InChI is InChI=1S/C14H20N4O3S2/c1-13(2,3)9-10(20)18-11(16-15-9)23-12(17-18)22-7-8(19)21-14(4,5)6/h7H2,1-6H3. The van der Waals surface area contributed by atoms with Gasteiger partial charge in [-0.1, -0.05) is 43.9 Å². The maximum Gasteiger partial charge on any atom is 0.316 e. The van der Waals surface area contributed by atoms with Crippen molar-refractivity contribution in [3.63, 3.8) is 0 Å². The summed E-state index contributed by atoms with van der Waals surface area (Å²) in [5.74, 6) is -0.193. The number of rotatable bonds is 3. The second-order valence-electron chi connectivity index (χ2n) is 7.04. The first-order valence-corrected chi connectivity index (χ1v) is 8.89. The predicted octanol–water partition coefficient (Wildman–Crippen LogP) is 2.28. The molecule has 9 heteroatoms. The molecule has 126 valence electrons. The minimum Gasteiger partial charge on any atom is -0.459 e. The molecule has 0 aromatic carbocycles. The summed E-state index contributed by atoms with van der Waals surface area (Å²) in [6.45, 7) is 11.1. The summed E-state index contributed by atoms with van der Waals surface area (Å²) >= 11 is 2.45. The summed E-state index contributed by atoms with van der Waals surface area (Å²) in [5, 5.41) is 12.3. The summed E-state index contributed by atoms with van der Waals surface area (Å²) in [7, 11) is 0. The van der Waals surface area contributed by atoms with E-state index in [-0.39, 0.29) is 17.3 Å². The first-order chi connectivity index (χ1) is 10.5. The Bertz CT molecular complexity index is 784. The van der Waals surface area contributed by atoms with Gasteiger partial charge in [0, 0.05) is 5.41 Å². The highest BCUT2D eigenvalue weighted by Crippen LogP contribution is 2.24. The molecule has 2 aromatic heterocycles. The van der Waals surface area contributed by atoms with Gasteiger partial charge in [-0.25, -0.2) is 0 Å². The van der Waals surface area contributed by atoms with Crippen LogP contribution in [0.4, 0.5) is 0 Å². The van der Waals surface area contributed by atoms with E-state index in [4.69, 9.17) is 4.74 Å². The Morgan fingerprint density at radius 3 is 2.43 bits per heavy atom. The van der Waals surface area contributed by atoms with Crippen LogP contribution in [0.2, 0.25) is 0 Å². The third-order valence-electron chi connectivity index (χ3n) is 2.62. The lowest BCUT2D eigenvalue weighted by Gasteiger charge is -2.18. The van der Waals surface area contributed by atoms with Gasteiger partial charge >= 0.3 is 5.97 Å². The molecule has 0 aliphatic heterocycles. The van der Waals surface area contributed by atoms with Gasteiger partial charge in [-0.15, -0.1) is 15.3 Å². The summed E-state index contributed by atoms with van der Waals surface area (Å²) in [4.78, 5) is 24.6. The fourth-order valence-corrected chi connectivity index (χ4v) is 3.36. The Morgan fingerprint density at radius 1 is 1.22 bits per heavy atom. The number of fused-ring (bicyclic) bond motifs is 1. The van der Waals surface area contributed by atoms with Crippen molar-refractivity contribution in [1.29, 1.82) is 0 Å². The topological polar surface area (TPSA) is 86.5 Å². The summed E-state index contributed by atoms with van der Waals surface area (Å²) in [5.41, 5.74) is -0.833. The molecule has 0 saturated heterocycles. The lowest BCUT2D eigenvalue weighted by Crippen LogP contribution is -2.30. The van der Waals surface area contributed by atoms with E-state index in [1.165, 1.54) is 27.6 Å². The average Bonchev–Trinajstić information content (AvgIpc) is 2.77. The molecular weight excluding hydrogens is 336 g/mol. The number of ether oxygens (including phenoxy) is 1. The van der Waals surface area contributed by atoms with E-state index < -0.39 is 11.0 Å². The lowest BCUT2D eigenvalue weighted by atomic mass is 9.93. The Balaban J connectivity index is 2.20. The van der Waals surface area contributed by atoms with Crippen LogP contribution in [0.1, 0.15) is 47.2 Å². The van der Waals surface area contributed by atoms with Crippen molar-refractivity contribution < 1.29 is 9.53 Å². The average molecular weight is 356 g/mol. The highest BCUT2D eigenvalue weighted by molar-refractivity contribution is 8.01. The number of esters is 1. The van der Waals surface area contributed by atoms with Crippen molar-refractivity contribution >= 4 is 34.0 Å². The monoisotopic (exact) mass is 356 g/mol. The molecule has 2 rings (SSSR count). The molecule has 7 nitrogen and oxygen atoms in total. The van der Waals surface area contributed by atoms with E-state index in [0.29, 0.717) is 15.0 Å². The molecule has 2 heterocycles. The van der Waals surface area contributed by atoms with E-state index >= 15 is 0 Å². The first kappa shape index (κ1) is 17.9. The summed E-state index contributed by atoms with van der Waals surface area (Å²) in [6.07, 6.45) is 0. The zero-order valence-corrected chi connectivity index (χ0v) is 15.7. The van der Waals surface area contributed by atoms with Gasteiger partial charge in [0.1, 0.15) is 11.3 Å². The molecule has 0 bridgehead atoms. The molecule has 0 aliphatic carbocycles. The quantitative estimate of drug-likeness (QED) is 0.616. The van der Waals surface area contributed by atoms with Crippen molar-refractivity contribution in [3.05, 3.63) is 16.0 Å². The molecule has 0 aliphatic rings. The van der Waals surface area contributed by atoms with E-state index in [2.05, 4.69) is 15.3 Å². The van der Waals surface area contributed by atoms with Crippen molar-refractivity contribution in [3.8, 4) is 0 Å². The number of carbonyl (C=O) groups excluding carboxylic acids is 1. The number of aromatic nitrogens is 4. The first-order valence-electron chi connectivity index (χ1n) is 7.09. The molecular formula is C14H20N4O3S2. The highest BCUT2D eigenvalue weighted by Gasteiger charge is 2.23. The summed E-state index contributed by atoms with van der Waals surface area (Å²) < 4.78 is 7.06. The van der Waals surface area contributed by atoms with Crippen LogP contribution in [0.3, 0.4) is 0 Å². The Labute approximate surface area is 142 Å². The van der Waals surface area contributed by atoms with E-state index in [0.717, 1.165) is 0 Å². The molecule has 0 N–H and O–H groups in total. The van der Waals surface area contributed by atoms with Gasteiger partial charge in [0.05, 0.1) is 5.75 Å². The third-order valence-corrected chi connectivity index (χ3v) is 4.62. The second kappa shape index (κ2) is 6.20. The van der Waals surface area contributed by atoms with E-state index in [9.17, 15) is 9.59 Å². The minimum atomic E-state index is -0.519. The van der Waals surface area contributed by atoms with Crippen molar-refractivity contribution in [2.75, 3.05) is 5.75 Å². The minimum absolute atomic E-state index is 0.130. The van der Waals surface area contributed by atoms with E-state index in [1.54, 1.807) is 0 Å². The van der Waals surface area contributed by atoms with Gasteiger partial charge in [-0.05, 0) is 20.8 Å². The molecule has 0 amide bonds. The van der Waals surface area contributed by atoms with Gasteiger partial charge in [-0.2, -0.15) is 4.52 Å². The fourth-order valence-electron chi connectivity index (χ4n) is 1.72. The van der Waals surface area contributed by atoms with Crippen LogP contribution in [0.15, 0.2) is 9.13 Å². The maximum atomic E-state index is 12.4. The molecule has 0 fully saturated rings. The molecule has 0 atom stereocenters. The fraction of sp³-hybridized carbons (Fsp3) is 0.643. The molecule has 0 spiro atoms. The molecule has 0 saturated carbocycles. The Morgan fingerprint density at radius 2 is 1.87 bits per heavy atom. The van der Waals surface area contributed by atoms with Crippen LogP contribution in [-0.2, 0) is 14.9 Å². The number of thioether (sulfide) groups is 1. The van der Waals surface area contributed by atoms with Gasteiger partial charge in [0.15, 0.2) is 4.34 Å². The van der Waals surface area contributed by atoms with Gasteiger partial charge in [0.2, 0.25) is 4.96 Å². The van der Waals surface area contributed by atoms with Crippen LogP contribution in [0, 0.1) is 0 Å². The van der Waals surface area contributed by atoms with Gasteiger partial charge in [-0.3, -0.25) is 9.59 Å². The maximum absolute atomic E-state index is 12.4. The normalized spacial score (nSPS) is 12.6. The second-order valence-corrected chi connectivity index (χ2v) is 9.22. The van der Waals surface area contributed by atoms with Crippen molar-refractivity contribution in [2.24, 2.45) is 0 Å². The van der Waals surface area contributed by atoms with Crippen LogP contribution in [0.25, 0.3) is 4.96 Å². The number of nitrogens with zero attached hydrogens (tertiary/aromatic N) is 4. The van der Waals surface area contributed by atoms with Gasteiger partial charge in [0.25, 0.3) is 5.56 Å². The zero-order chi connectivity index (χ0) is 17.4. The van der Waals surface area contributed by atoms with Crippen LogP contribution in [-0.4, -0.2) is 37.1 Å². The van der Waals surface area contributed by atoms with Crippen molar-refractivity contribution in [2.45, 2.75) is 56.9 Å². The van der Waals surface area contributed by atoms with Crippen LogP contribution < -0.4 is 5.56 Å². The van der Waals surface area contributed by atoms with Gasteiger partial charge < -0.3 is 4.74 Å². The lowest BCUT2D eigenvalue weighted by molar-refractivity contribution is -0.151. The number of hydrogen-bond acceptors (Lipinski definition) is 8.